The van der Waals surface area contributed by atoms with E-state index in [1.807, 2.05) is 0 Å². The van der Waals surface area contributed by atoms with Gasteiger partial charge in [-0.05, 0) is 25.2 Å². The highest BCUT2D eigenvalue weighted by Crippen LogP contribution is 2.39. The van der Waals surface area contributed by atoms with Gasteiger partial charge in [-0.15, -0.1) is 0 Å². The lowest BCUT2D eigenvalue weighted by molar-refractivity contribution is 0.390. The molecule has 0 aliphatic heterocycles. The van der Waals surface area contributed by atoms with Crippen LogP contribution < -0.4 is 0 Å². The highest BCUT2D eigenvalue weighted by Gasteiger charge is 2.20. The lowest BCUT2D eigenvalue weighted by Gasteiger charge is -2.26. The molecule has 0 aromatic rings. The van der Waals surface area contributed by atoms with E-state index in [1.165, 1.54) is 70.6 Å². The second kappa shape index (κ2) is 15.6. The summed E-state index contributed by atoms with van der Waals surface area (Å²) in [6, 6.07) is 0. The van der Waals surface area contributed by atoms with Gasteiger partial charge in [0.2, 0.25) is 0 Å². The van der Waals surface area contributed by atoms with E-state index < -0.39 is 0 Å². The zero-order chi connectivity index (χ0) is 15.9. The minimum atomic E-state index is 0.755. The fourth-order valence-corrected chi connectivity index (χ4v) is 5.75. The maximum Gasteiger partial charge on any atom is 0.0177 e. The Morgan fingerprint density at radius 3 is 1.57 bits per heavy atom. The Labute approximate surface area is 143 Å². The van der Waals surface area contributed by atoms with Gasteiger partial charge in [-0.25, -0.2) is 0 Å². The molecule has 128 valence electrons. The molecule has 0 rings (SSSR count). The summed E-state index contributed by atoms with van der Waals surface area (Å²) in [5.74, 6) is 0.958. The molecule has 0 radical (unpaired) electrons. The summed E-state index contributed by atoms with van der Waals surface area (Å²) in [5.41, 5.74) is 0. The molecule has 21 heavy (non-hydrogen) atoms. The van der Waals surface area contributed by atoms with Crippen LogP contribution in [-0.2, 0) is 0 Å². The predicted octanol–water partition coefficient (Wildman–Crippen LogP) is 8.11. The molecule has 0 heterocycles. The van der Waals surface area contributed by atoms with E-state index in [4.69, 9.17) is 0 Å². The smallest absolute Gasteiger partial charge is 0.0177 e. The van der Waals surface area contributed by atoms with E-state index in [9.17, 15) is 0 Å². The van der Waals surface area contributed by atoms with Gasteiger partial charge in [-0.2, -0.15) is 0 Å². The van der Waals surface area contributed by atoms with Gasteiger partial charge < -0.3 is 0 Å². The zero-order valence-electron chi connectivity index (χ0n) is 15.3. The van der Waals surface area contributed by atoms with Crippen molar-refractivity contribution in [1.82, 2.24) is 0 Å². The van der Waals surface area contributed by atoms with Crippen LogP contribution in [0.3, 0.4) is 0 Å². The maximum absolute atomic E-state index is 2.39. The second-order valence-electron chi connectivity index (χ2n) is 6.65. The molecule has 0 saturated carbocycles. The quantitative estimate of drug-likeness (QED) is 0.219. The lowest BCUT2D eigenvalue weighted by Crippen LogP contribution is -2.16. The van der Waals surface area contributed by atoms with E-state index in [2.05, 4.69) is 56.2 Å². The Hall–Kier alpha value is 0.700. The summed E-state index contributed by atoms with van der Waals surface area (Å²) in [7, 11) is 4.28. The van der Waals surface area contributed by atoms with E-state index in [0.29, 0.717) is 0 Å². The molecule has 0 nitrogen and oxygen atoms in total. The van der Waals surface area contributed by atoms with Crippen molar-refractivity contribution in [3.8, 4) is 0 Å². The molecule has 0 aliphatic carbocycles. The Morgan fingerprint density at radius 2 is 1.19 bits per heavy atom. The first-order valence-electron chi connectivity index (χ1n) is 9.47. The van der Waals surface area contributed by atoms with E-state index in [1.54, 1.807) is 0 Å². The SMILES string of the molecule is CCCCCCC(CCCCCC)[C@@H](CC)SSC(C)C. The van der Waals surface area contributed by atoms with Crippen LogP contribution in [0.25, 0.3) is 0 Å². The van der Waals surface area contributed by atoms with Gasteiger partial charge in [0.25, 0.3) is 0 Å². The van der Waals surface area contributed by atoms with Crippen LogP contribution in [0, 0.1) is 5.92 Å². The van der Waals surface area contributed by atoms with Crippen molar-refractivity contribution in [1.29, 1.82) is 0 Å². The standard InChI is InChI=1S/C19H40S2/c1-6-9-11-13-15-18(16-14-12-10-7-2)19(8-3)21-20-17(4)5/h17-19H,6-16H2,1-5H3/t19-/m1/s1. The van der Waals surface area contributed by atoms with Gasteiger partial charge in [-0.3, -0.25) is 0 Å². The number of unbranched alkanes of at least 4 members (excludes halogenated alkanes) is 6. The maximum atomic E-state index is 2.39. The molecule has 0 aromatic heterocycles. The van der Waals surface area contributed by atoms with Gasteiger partial charge in [0, 0.05) is 10.5 Å². The minimum absolute atomic E-state index is 0.755. The monoisotopic (exact) mass is 332 g/mol. The van der Waals surface area contributed by atoms with Crippen LogP contribution in [0.4, 0.5) is 0 Å². The van der Waals surface area contributed by atoms with Crippen LogP contribution in [0.5, 0.6) is 0 Å². The summed E-state index contributed by atoms with van der Waals surface area (Å²) < 4.78 is 0. The number of rotatable bonds is 15. The third-order valence-corrected chi connectivity index (χ3v) is 7.85. The summed E-state index contributed by atoms with van der Waals surface area (Å²) in [6.07, 6.45) is 15.6. The van der Waals surface area contributed by atoms with Crippen LogP contribution in [0.1, 0.15) is 105 Å². The van der Waals surface area contributed by atoms with Gasteiger partial charge in [0.15, 0.2) is 0 Å². The molecule has 0 unspecified atom stereocenters. The third kappa shape index (κ3) is 12.9. The molecule has 0 amide bonds. The largest absolute Gasteiger partial charge is 0.0910 e. The number of hydrogen-bond acceptors (Lipinski definition) is 2. The zero-order valence-corrected chi connectivity index (χ0v) is 17.0. The van der Waals surface area contributed by atoms with Gasteiger partial charge in [0.05, 0.1) is 0 Å². The average molecular weight is 333 g/mol. The Bertz CT molecular complexity index is 192. The highest BCUT2D eigenvalue weighted by atomic mass is 33.1. The van der Waals surface area contributed by atoms with Crippen molar-refractivity contribution in [3.63, 3.8) is 0 Å². The Kier molecular flexibility index (Phi) is 16.1. The van der Waals surface area contributed by atoms with Gasteiger partial charge in [0.1, 0.15) is 0 Å². The van der Waals surface area contributed by atoms with E-state index in [-0.39, 0.29) is 0 Å². The molecule has 0 spiro atoms. The molecule has 1 atom stereocenters. The fraction of sp³-hybridized carbons (Fsp3) is 1.00. The first-order chi connectivity index (χ1) is 10.2. The van der Waals surface area contributed by atoms with E-state index in [0.717, 1.165) is 16.4 Å². The lowest BCUT2D eigenvalue weighted by atomic mass is 9.90. The molecule has 0 aliphatic rings. The van der Waals surface area contributed by atoms with Crippen molar-refractivity contribution in [2.75, 3.05) is 0 Å². The van der Waals surface area contributed by atoms with Crippen molar-refractivity contribution in [2.45, 2.75) is 116 Å². The first kappa shape index (κ1) is 21.7. The third-order valence-electron chi connectivity index (χ3n) is 4.16. The second-order valence-corrected chi connectivity index (χ2v) is 9.73. The van der Waals surface area contributed by atoms with Gasteiger partial charge in [-0.1, -0.05) is 108 Å². The normalized spacial score (nSPS) is 13.3. The molecule has 0 N–H and O–H groups in total. The summed E-state index contributed by atoms with van der Waals surface area (Å²) in [4.78, 5) is 0. The van der Waals surface area contributed by atoms with Crippen molar-refractivity contribution in [3.05, 3.63) is 0 Å². The molecule has 0 bridgehead atoms. The topological polar surface area (TPSA) is 0 Å². The van der Waals surface area contributed by atoms with Crippen molar-refractivity contribution < 1.29 is 0 Å². The van der Waals surface area contributed by atoms with Gasteiger partial charge >= 0.3 is 0 Å². The van der Waals surface area contributed by atoms with Crippen molar-refractivity contribution >= 4 is 21.6 Å². The highest BCUT2D eigenvalue weighted by molar-refractivity contribution is 8.77. The van der Waals surface area contributed by atoms with Crippen LogP contribution in [-0.4, -0.2) is 10.5 Å². The molecular weight excluding hydrogens is 292 g/mol. The van der Waals surface area contributed by atoms with Crippen LogP contribution >= 0.6 is 21.6 Å². The van der Waals surface area contributed by atoms with E-state index >= 15 is 0 Å². The average Bonchev–Trinajstić information content (AvgIpc) is 2.47. The fourth-order valence-electron chi connectivity index (χ4n) is 2.85. The first-order valence-corrected chi connectivity index (χ1v) is 11.7. The molecule has 0 fully saturated rings. The Morgan fingerprint density at radius 1 is 0.667 bits per heavy atom. The van der Waals surface area contributed by atoms with Crippen LogP contribution in [0.15, 0.2) is 0 Å². The minimum Gasteiger partial charge on any atom is -0.0910 e. The van der Waals surface area contributed by atoms with Crippen molar-refractivity contribution in [2.24, 2.45) is 5.92 Å². The summed E-state index contributed by atoms with van der Waals surface area (Å²) in [5, 5.41) is 1.63. The summed E-state index contributed by atoms with van der Waals surface area (Å²) >= 11 is 0. The molecule has 2 heteroatoms. The molecular formula is C19H40S2. The molecule has 0 aromatic carbocycles. The van der Waals surface area contributed by atoms with Crippen LogP contribution in [0.2, 0.25) is 0 Å². The Balaban J connectivity index is 4.21. The predicted molar refractivity (Wildman–Crippen MR) is 105 cm³/mol. The number of hydrogen-bond donors (Lipinski definition) is 0. The molecule has 0 saturated heterocycles. The summed E-state index contributed by atoms with van der Waals surface area (Å²) in [6.45, 7) is 11.7.